The van der Waals surface area contributed by atoms with Crippen LogP contribution < -0.4 is 5.32 Å². The van der Waals surface area contributed by atoms with Crippen LogP contribution in [-0.4, -0.2) is 29.9 Å². The van der Waals surface area contributed by atoms with Crippen molar-refractivity contribution < 1.29 is 4.79 Å². The molecule has 1 saturated heterocycles. The Hall–Kier alpha value is -2.13. The van der Waals surface area contributed by atoms with E-state index in [1.807, 2.05) is 0 Å². The van der Waals surface area contributed by atoms with Gasteiger partial charge >= 0.3 is 0 Å². The second kappa shape index (κ2) is 9.54. The zero-order valence-electron chi connectivity index (χ0n) is 15.8. The molecule has 2 aromatic carbocycles. The number of nitrogens with one attached hydrogen (secondary N) is 1. The lowest BCUT2D eigenvalue weighted by molar-refractivity contribution is -0.122. The molecule has 1 N–H and O–H groups in total. The van der Waals surface area contributed by atoms with E-state index in [1.54, 1.807) is 0 Å². The van der Waals surface area contributed by atoms with Crippen LogP contribution in [0.15, 0.2) is 54.6 Å². The summed E-state index contributed by atoms with van der Waals surface area (Å²) in [4.78, 5) is 14.7. The van der Waals surface area contributed by atoms with E-state index in [0.717, 1.165) is 45.3 Å². The van der Waals surface area contributed by atoms with Gasteiger partial charge in [-0.25, -0.2) is 0 Å². The normalized spacial score (nSPS) is 15.7. The van der Waals surface area contributed by atoms with Crippen molar-refractivity contribution in [2.45, 2.75) is 51.6 Å². The second-order valence-electron chi connectivity index (χ2n) is 7.44. The molecule has 0 spiro atoms. The molecule has 1 aliphatic heterocycles. The molecule has 0 unspecified atom stereocenters. The number of rotatable bonds is 7. The molecule has 0 radical (unpaired) electrons. The maximum absolute atomic E-state index is 12.2. The zero-order chi connectivity index (χ0) is 18.2. The molecule has 0 bridgehead atoms. The summed E-state index contributed by atoms with van der Waals surface area (Å²) in [6.45, 7) is 5.23. The van der Waals surface area contributed by atoms with E-state index in [4.69, 9.17) is 0 Å². The fourth-order valence-corrected chi connectivity index (χ4v) is 3.58. The third-order valence-electron chi connectivity index (χ3n) is 5.19. The van der Waals surface area contributed by atoms with Crippen LogP contribution >= 0.6 is 0 Å². The largest absolute Gasteiger partial charge is 0.353 e. The number of hydrogen-bond donors (Lipinski definition) is 1. The fraction of sp³-hybridized carbons (Fsp3) is 0.435. The van der Waals surface area contributed by atoms with Crippen molar-refractivity contribution in [1.29, 1.82) is 0 Å². The highest BCUT2D eigenvalue weighted by atomic mass is 16.1. The highest BCUT2D eigenvalue weighted by Gasteiger charge is 2.20. The molecule has 0 aromatic heterocycles. The maximum atomic E-state index is 12.2. The number of carbonyl (C=O) groups excluding carboxylic acids is 1. The Kier molecular flexibility index (Phi) is 6.84. The number of aryl methyl sites for hydroxylation is 2. The third-order valence-corrected chi connectivity index (χ3v) is 5.19. The Morgan fingerprint density at radius 3 is 2.38 bits per heavy atom. The lowest BCUT2D eigenvalue weighted by Crippen LogP contribution is -2.44. The lowest BCUT2D eigenvalue weighted by Gasteiger charge is -2.32. The first-order valence-corrected chi connectivity index (χ1v) is 9.80. The molecule has 0 aliphatic carbocycles. The van der Waals surface area contributed by atoms with Gasteiger partial charge in [0.25, 0.3) is 0 Å². The van der Waals surface area contributed by atoms with Gasteiger partial charge in [0.1, 0.15) is 0 Å². The lowest BCUT2D eigenvalue weighted by atomic mass is 10.0. The van der Waals surface area contributed by atoms with Crippen LogP contribution in [0.2, 0.25) is 0 Å². The standard InChI is InChI=1S/C23H30N2O/c1-19-10-12-20(13-11-19)8-5-9-23(26)24-22-14-16-25(17-15-22)18-21-6-3-2-4-7-21/h2-4,6-7,10-13,22H,5,8-9,14-18H2,1H3,(H,24,26). The number of piperidine rings is 1. The van der Waals surface area contributed by atoms with Crippen LogP contribution in [0.5, 0.6) is 0 Å². The summed E-state index contributed by atoms with van der Waals surface area (Å²) in [5, 5.41) is 3.23. The summed E-state index contributed by atoms with van der Waals surface area (Å²) in [6, 6.07) is 19.6. The first kappa shape index (κ1) is 18.7. The molecule has 3 nitrogen and oxygen atoms in total. The highest BCUT2D eigenvalue weighted by molar-refractivity contribution is 5.76. The summed E-state index contributed by atoms with van der Waals surface area (Å²) in [5.41, 5.74) is 3.97. The van der Waals surface area contributed by atoms with Gasteiger partial charge in [0.15, 0.2) is 0 Å². The van der Waals surface area contributed by atoms with Crippen molar-refractivity contribution in [2.75, 3.05) is 13.1 Å². The average Bonchev–Trinajstić information content (AvgIpc) is 2.66. The summed E-state index contributed by atoms with van der Waals surface area (Å²) in [7, 11) is 0. The van der Waals surface area contributed by atoms with Gasteiger partial charge in [-0.1, -0.05) is 60.2 Å². The molecule has 138 valence electrons. The van der Waals surface area contributed by atoms with E-state index >= 15 is 0 Å². The number of carbonyl (C=O) groups is 1. The van der Waals surface area contributed by atoms with E-state index in [-0.39, 0.29) is 5.91 Å². The minimum Gasteiger partial charge on any atom is -0.353 e. The Balaban J connectivity index is 1.32. The SMILES string of the molecule is Cc1ccc(CCCC(=O)NC2CCN(Cc3ccccc3)CC2)cc1. The van der Waals surface area contributed by atoms with Crippen LogP contribution in [0.4, 0.5) is 0 Å². The van der Waals surface area contributed by atoms with Crippen molar-refractivity contribution in [3.63, 3.8) is 0 Å². The third kappa shape index (κ3) is 5.99. The van der Waals surface area contributed by atoms with Crippen molar-refractivity contribution in [3.8, 4) is 0 Å². The van der Waals surface area contributed by atoms with E-state index < -0.39 is 0 Å². The highest BCUT2D eigenvalue weighted by Crippen LogP contribution is 2.14. The van der Waals surface area contributed by atoms with Crippen molar-refractivity contribution >= 4 is 5.91 Å². The van der Waals surface area contributed by atoms with E-state index in [2.05, 4.69) is 71.7 Å². The number of hydrogen-bond acceptors (Lipinski definition) is 2. The molecule has 2 aromatic rings. The molecule has 3 heteroatoms. The van der Waals surface area contributed by atoms with Gasteiger partial charge in [0, 0.05) is 32.1 Å². The quantitative estimate of drug-likeness (QED) is 0.815. The molecular weight excluding hydrogens is 320 g/mol. The van der Waals surface area contributed by atoms with Gasteiger partial charge in [0.2, 0.25) is 5.91 Å². The van der Waals surface area contributed by atoms with Crippen LogP contribution in [0.25, 0.3) is 0 Å². The van der Waals surface area contributed by atoms with Gasteiger partial charge in [-0.05, 0) is 43.7 Å². The van der Waals surface area contributed by atoms with Crippen molar-refractivity contribution in [1.82, 2.24) is 10.2 Å². The molecule has 26 heavy (non-hydrogen) atoms. The second-order valence-corrected chi connectivity index (χ2v) is 7.44. The Bertz CT molecular complexity index is 673. The van der Waals surface area contributed by atoms with E-state index in [9.17, 15) is 4.79 Å². The van der Waals surface area contributed by atoms with Crippen LogP contribution in [0.1, 0.15) is 42.4 Å². The van der Waals surface area contributed by atoms with E-state index in [0.29, 0.717) is 12.5 Å². The maximum Gasteiger partial charge on any atom is 0.220 e. The minimum absolute atomic E-state index is 0.207. The van der Waals surface area contributed by atoms with Crippen LogP contribution in [0.3, 0.4) is 0 Å². The molecule has 1 fully saturated rings. The Morgan fingerprint density at radius 1 is 1.00 bits per heavy atom. The van der Waals surface area contributed by atoms with Crippen molar-refractivity contribution in [2.24, 2.45) is 0 Å². The first-order valence-electron chi connectivity index (χ1n) is 9.80. The summed E-state index contributed by atoms with van der Waals surface area (Å²) < 4.78 is 0. The predicted octanol–water partition coefficient (Wildman–Crippen LogP) is 4.10. The fourth-order valence-electron chi connectivity index (χ4n) is 3.58. The van der Waals surface area contributed by atoms with Crippen LogP contribution in [0, 0.1) is 6.92 Å². The Labute approximate surface area is 157 Å². The smallest absolute Gasteiger partial charge is 0.220 e. The molecule has 1 aliphatic rings. The topological polar surface area (TPSA) is 32.3 Å². The number of likely N-dealkylation sites (tertiary alicyclic amines) is 1. The minimum atomic E-state index is 0.207. The molecule has 1 heterocycles. The van der Waals surface area contributed by atoms with Gasteiger partial charge in [-0.15, -0.1) is 0 Å². The van der Waals surface area contributed by atoms with Gasteiger partial charge in [-0.3, -0.25) is 9.69 Å². The zero-order valence-corrected chi connectivity index (χ0v) is 15.8. The number of amides is 1. The average molecular weight is 351 g/mol. The monoisotopic (exact) mass is 350 g/mol. The molecule has 0 saturated carbocycles. The number of nitrogens with zero attached hydrogens (tertiary/aromatic N) is 1. The Morgan fingerprint density at radius 2 is 1.69 bits per heavy atom. The molecule has 1 amide bonds. The summed E-state index contributed by atoms with van der Waals surface area (Å²) in [6.07, 6.45) is 4.62. The first-order chi connectivity index (χ1) is 12.7. The van der Waals surface area contributed by atoms with Gasteiger partial charge < -0.3 is 5.32 Å². The molecular formula is C23H30N2O. The summed E-state index contributed by atoms with van der Waals surface area (Å²) in [5.74, 6) is 0.207. The van der Waals surface area contributed by atoms with Gasteiger partial charge in [0.05, 0.1) is 0 Å². The summed E-state index contributed by atoms with van der Waals surface area (Å²) >= 11 is 0. The number of benzene rings is 2. The van der Waals surface area contributed by atoms with Crippen LogP contribution in [-0.2, 0) is 17.8 Å². The predicted molar refractivity (Wildman–Crippen MR) is 107 cm³/mol. The van der Waals surface area contributed by atoms with Gasteiger partial charge in [-0.2, -0.15) is 0 Å². The molecule has 0 atom stereocenters. The van der Waals surface area contributed by atoms with E-state index in [1.165, 1.54) is 16.7 Å². The van der Waals surface area contributed by atoms with Crippen molar-refractivity contribution in [3.05, 3.63) is 71.3 Å². The molecule has 3 rings (SSSR count).